The molecule has 0 aliphatic heterocycles. The van der Waals surface area contributed by atoms with Crippen LogP contribution < -0.4 is 0 Å². The highest BCUT2D eigenvalue weighted by atomic mass is 16.5. The summed E-state index contributed by atoms with van der Waals surface area (Å²) in [5.74, 6) is 2.21. The number of ether oxygens (including phenoxy) is 3. The normalized spacial score (nSPS) is 24.9. The third-order valence-electron chi connectivity index (χ3n) is 16.2. The average molecular weight is 1080 g/mol. The Labute approximate surface area is 462 Å². The highest BCUT2D eigenvalue weighted by Gasteiger charge is 2.39. The number of aliphatic hydroxyl groups is 4. The predicted octanol–water partition coefficient (Wildman–Crippen LogP) is 10.2. The number of aliphatic hydroxyl groups excluding tert-OH is 4. The van der Waals surface area contributed by atoms with Crippen molar-refractivity contribution in [1.82, 2.24) is 0 Å². The quantitative estimate of drug-likeness (QED) is 0.0427. The summed E-state index contributed by atoms with van der Waals surface area (Å²) < 4.78 is 15.2. The van der Waals surface area contributed by atoms with Gasteiger partial charge in [-0.15, -0.1) is 0 Å². The van der Waals surface area contributed by atoms with Gasteiger partial charge in [-0.05, 0) is 124 Å². The Balaban J connectivity index is 0.000000180. The minimum absolute atomic E-state index is 0.0671. The predicted molar refractivity (Wildman–Crippen MR) is 294 cm³/mol. The van der Waals surface area contributed by atoms with Gasteiger partial charge in [0.05, 0.1) is 43.7 Å². The fourth-order valence-electron chi connectivity index (χ4n) is 11.7. The van der Waals surface area contributed by atoms with Crippen LogP contribution in [0, 0.1) is 41.9 Å². The second kappa shape index (κ2) is 35.9. The number of Topliss-reactive ketones (excluding diaryl/α,β-unsaturated/α-hetero) is 3. The van der Waals surface area contributed by atoms with E-state index in [-0.39, 0.29) is 99.0 Å². The van der Waals surface area contributed by atoms with E-state index in [1.807, 2.05) is 91.0 Å². The van der Waals surface area contributed by atoms with Crippen LogP contribution in [-0.2, 0) is 67.6 Å². The van der Waals surface area contributed by atoms with Gasteiger partial charge in [0.1, 0.15) is 44.1 Å². The maximum Gasteiger partial charge on any atom is 0.306 e. The summed E-state index contributed by atoms with van der Waals surface area (Å²) in [4.78, 5) is 77.3. The molecule has 0 saturated heterocycles. The van der Waals surface area contributed by atoms with Crippen LogP contribution in [0.1, 0.15) is 177 Å². The summed E-state index contributed by atoms with van der Waals surface area (Å²) in [7, 11) is 0. The average Bonchev–Trinajstić information content (AvgIpc) is 4.37. The van der Waals surface area contributed by atoms with E-state index in [4.69, 9.17) is 14.2 Å². The zero-order valence-electron chi connectivity index (χ0n) is 45.8. The lowest BCUT2D eigenvalue weighted by Gasteiger charge is -2.15. The molecule has 78 heavy (non-hydrogen) atoms. The molecule has 3 aromatic rings. The van der Waals surface area contributed by atoms with Crippen molar-refractivity contribution in [2.24, 2.45) is 35.5 Å². The summed E-state index contributed by atoms with van der Waals surface area (Å²) in [6, 6.07) is 28.3. The van der Waals surface area contributed by atoms with Crippen molar-refractivity contribution >= 4 is 41.5 Å². The van der Waals surface area contributed by atoms with Gasteiger partial charge in [-0.1, -0.05) is 117 Å². The lowest BCUT2D eigenvalue weighted by molar-refractivity contribution is -0.146. The number of ketones is 3. The molecule has 14 nitrogen and oxygen atoms in total. The van der Waals surface area contributed by atoms with E-state index in [1.165, 1.54) is 51.4 Å². The molecule has 0 radical (unpaired) electrons. The van der Waals surface area contributed by atoms with Crippen LogP contribution in [0.25, 0.3) is 0 Å². The van der Waals surface area contributed by atoms with E-state index in [1.54, 1.807) is 6.42 Å². The van der Waals surface area contributed by atoms with E-state index < -0.39 is 12.2 Å². The van der Waals surface area contributed by atoms with Gasteiger partial charge in [0, 0.05) is 43.9 Å². The molecule has 10 rings (SSSR count). The van der Waals surface area contributed by atoms with Crippen LogP contribution in [0.15, 0.2) is 91.0 Å². The topological polar surface area (TPSA) is 228 Å². The molecule has 4 N–H and O–H groups in total. The van der Waals surface area contributed by atoms with Crippen LogP contribution in [0.4, 0.5) is 0 Å². The standard InChI is InChI=1S/2C16H20O4.C11H12O3.2C8H14O.C5H7O/c2*17-14-8-4-7-13(14)15(18)9-10-16(19)20-11-12-5-2-1-3-6-12;12-8-4-7-11(13)14-9-10-5-2-1-3-6-10;2*9-8-5-4-6-2-1-3-7(6)8;6-5-3-1-2-4-5/h2*1-3,5-6,13,15,18H,4,7-11H2;1-3,5-6,8H,4,7,9H2;2*6-9H,1-5H2;3H,1-2,4H2/q;;;;;+1/t13-,15+;13-,15-;;6-,7-,8+;6-,7-,8-;/m00.00./s1. The maximum absolute atomic E-state index is 11.6. The van der Waals surface area contributed by atoms with Gasteiger partial charge in [0.15, 0.2) is 0 Å². The number of fused-ring (bicyclic) bond motifs is 2. The summed E-state index contributed by atoms with van der Waals surface area (Å²) in [6.45, 7) is 0.773. The van der Waals surface area contributed by atoms with E-state index in [0.29, 0.717) is 49.6 Å². The first-order valence-corrected chi connectivity index (χ1v) is 29.0. The van der Waals surface area contributed by atoms with Gasteiger partial charge in [-0.25, -0.2) is 4.79 Å². The third kappa shape index (κ3) is 23.4. The molecule has 0 heterocycles. The van der Waals surface area contributed by atoms with Gasteiger partial charge in [0.25, 0.3) is 0 Å². The number of rotatable bonds is 17. The number of aldehydes is 1. The SMILES string of the molecule is O=C(CC[C@@H](O)[C@H]1CCCC1=O)OCc1ccccc1.O=C(CC[C@H](O)[C@H]1CCCC1=O)OCc1ccccc1.O=C1[CH+]CCC1.O=CCCC(=O)OCc1ccccc1.O[C@@H]1CC[C@@H]2CCC[C@@H]21.O[C@H]1CC[C@@H]2CCC[C@@H]21. The number of hydrogen-bond acceptors (Lipinski definition) is 14. The third-order valence-corrected chi connectivity index (χ3v) is 16.2. The minimum atomic E-state index is -0.714. The number of carbonyl (C=O) groups is 7. The Morgan fingerprint density at radius 1 is 0.500 bits per heavy atom. The fourth-order valence-corrected chi connectivity index (χ4v) is 11.7. The van der Waals surface area contributed by atoms with Gasteiger partial charge < -0.3 is 39.4 Å². The van der Waals surface area contributed by atoms with Crippen LogP contribution in [-0.4, -0.2) is 86.4 Å². The Morgan fingerprint density at radius 2 is 0.897 bits per heavy atom. The smallest absolute Gasteiger partial charge is 0.306 e. The molecule has 426 valence electrons. The Kier molecular flexibility index (Phi) is 29.1. The van der Waals surface area contributed by atoms with Crippen LogP contribution in [0.3, 0.4) is 0 Å². The molecule has 7 saturated carbocycles. The number of benzene rings is 3. The molecule has 0 unspecified atom stereocenters. The summed E-state index contributed by atoms with van der Waals surface area (Å²) >= 11 is 0. The first-order valence-electron chi connectivity index (χ1n) is 29.0. The van der Waals surface area contributed by atoms with Crippen molar-refractivity contribution in [3.63, 3.8) is 0 Å². The Hall–Kier alpha value is -5.54. The van der Waals surface area contributed by atoms with E-state index in [0.717, 1.165) is 86.3 Å². The van der Waals surface area contributed by atoms with Crippen molar-refractivity contribution in [3.8, 4) is 0 Å². The van der Waals surface area contributed by atoms with Crippen molar-refractivity contribution in [2.75, 3.05) is 0 Å². The molecule has 10 atom stereocenters. The second-order valence-corrected chi connectivity index (χ2v) is 21.8. The van der Waals surface area contributed by atoms with E-state index >= 15 is 0 Å². The van der Waals surface area contributed by atoms with Crippen molar-refractivity contribution < 1.29 is 68.2 Å². The number of carbonyl (C=O) groups excluding carboxylic acids is 7. The van der Waals surface area contributed by atoms with Gasteiger partial charge in [0.2, 0.25) is 0 Å². The molecule has 3 aromatic carbocycles. The fraction of sp³-hybridized carbons (Fsp3) is 0.594. The van der Waals surface area contributed by atoms with Gasteiger partial charge >= 0.3 is 23.7 Å². The first kappa shape index (κ1) is 63.3. The highest BCUT2D eigenvalue weighted by molar-refractivity contribution is 5.88. The molecule has 0 bridgehead atoms. The molecular formula is C64H87O14+. The lowest BCUT2D eigenvalue weighted by Crippen LogP contribution is -2.24. The maximum atomic E-state index is 11.6. The highest BCUT2D eigenvalue weighted by Crippen LogP contribution is 2.44. The molecule has 0 spiro atoms. The van der Waals surface area contributed by atoms with E-state index in [9.17, 15) is 54.0 Å². The first-order chi connectivity index (χ1) is 37.8. The molecule has 14 heteroatoms. The second-order valence-electron chi connectivity index (χ2n) is 21.8. The summed E-state index contributed by atoms with van der Waals surface area (Å²) in [5.41, 5.74) is 2.83. The number of esters is 3. The Morgan fingerprint density at radius 3 is 1.21 bits per heavy atom. The summed E-state index contributed by atoms with van der Waals surface area (Å²) in [5, 5.41) is 38.6. The van der Waals surface area contributed by atoms with Gasteiger partial charge in [-0.3, -0.25) is 24.0 Å². The van der Waals surface area contributed by atoms with E-state index in [2.05, 4.69) is 0 Å². The van der Waals surface area contributed by atoms with Crippen LogP contribution >= 0.6 is 0 Å². The van der Waals surface area contributed by atoms with Crippen molar-refractivity contribution in [2.45, 2.75) is 205 Å². The monoisotopic (exact) mass is 1080 g/mol. The van der Waals surface area contributed by atoms with Gasteiger partial charge in [-0.2, -0.15) is 0 Å². The van der Waals surface area contributed by atoms with Crippen LogP contribution in [0.2, 0.25) is 0 Å². The van der Waals surface area contributed by atoms with Crippen molar-refractivity contribution in [3.05, 3.63) is 114 Å². The van der Waals surface area contributed by atoms with Crippen LogP contribution in [0.5, 0.6) is 0 Å². The molecular weight excluding hydrogens is 993 g/mol. The minimum Gasteiger partial charge on any atom is -0.461 e. The summed E-state index contributed by atoms with van der Waals surface area (Å²) in [6.07, 6.45) is 22.5. The zero-order valence-corrected chi connectivity index (χ0v) is 45.8. The molecule has 7 aliphatic rings. The zero-order chi connectivity index (χ0) is 55.9. The molecule has 7 fully saturated rings. The largest absolute Gasteiger partial charge is 0.461 e. The Bertz CT molecular complexity index is 2110. The number of hydrogen-bond donors (Lipinski definition) is 4. The molecule has 0 amide bonds. The molecule has 0 aromatic heterocycles. The van der Waals surface area contributed by atoms with Crippen molar-refractivity contribution in [1.29, 1.82) is 0 Å². The molecule has 7 aliphatic carbocycles. The lowest BCUT2D eigenvalue weighted by atomic mass is 9.96.